The summed E-state index contributed by atoms with van der Waals surface area (Å²) < 4.78 is 0. The highest BCUT2D eigenvalue weighted by Crippen LogP contribution is 2.48. The van der Waals surface area contributed by atoms with Crippen LogP contribution in [-0.4, -0.2) is 70.5 Å². The topological polar surface area (TPSA) is 115 Å². The fourth-order valence-electron chi connectivity index (χ4n) is 5.29. The number of rotatable bonds is 11. The fourth-order valence-corrected chi connectivity index (χ4v) is 5.29. The third kappa shape index (κ3) is 6.09. The minimum absolute atomic E-state index is 0.00369. The number of pyridine rings is 1. The predicted molar refractivity (Wildman–Crippen MR) is 143 cm³/mol. The van der Waals surface area contributed by atoms with Crippen molar-refractivity contribution in [3.63, 3.8) is 0 Å². The maximum absolute atomic E-state index is 14.0. The highest BCUT2D eigenvalue weighted by atomic mass is 16.3. The van der Waals surface area contributed by atoms with E-state index in [9.17, 15) is 19.5 Å². The second-order valence-electron chi connectivity index (χ2n) is 9.75. The maximum Gasteiger partial charge on any atom is 0.276 e. The lowest BCUT2D eigenvalue weighted by Gasteiger charge is -2.53. The summed E-state index contributed by atoms with van der Waals surface area (Å²) >= 11 is 0. The highest BCUT2D eigenvalue weighted by molar-refractivity contribution is 6.02. The van der Waals surface area contributed by atoms with Crippen molar-refractivity contribution in [3.8, 4) is 5.75 Å². The Labute approximate surface area is 219 Å². The molecule has 2 amide bonds. The van der Waals surface area contributed by atoms with Gasteiger partial charge in [-0.3, -0.25) is 9.59 Å². The standard InChI is InChI=1S/C28H39N5O4/c1-5-7-11-21(10-6-2)20(3)31-33(16-17-34)26(36)24-22(29-4)12-8-14-28(24)18-32(19-28)27(37)25-23(35)13-9-15-30-25/h9-10,13,15,17,29,35H,5-8,11-12,14,16,18-19H2,1-4H3/b21-10+,31-20+. The van der Waals surface area contributed by atoms with Crippen LogP contribution in [0.2, 0.25) is 0 Å². The first-order valence-electron chi connectivity index (χ1n) is 13.2. The molecule has 0 aromatic carbocycles. The predicted octanol–water partition coefficient (Wildman–Crippen LogP) is 3.82. The van der Waals surface area contributed by atoms with Crippen molar-refractivity contribution in [3.05, 3.63) is 46.9 Å². The first-order chi connectivity index (χ1) is 17.8. The number of aromatic nitrogens is 1. The van der Waals surface area contributed by atoms with Crippen molar-refractivity contribution in [2.45, 2.75) is 65.7 Å². The lowest BCUT2D eigenvalue weighted by Crippen LogP contribution is -2.62. The zero-order valence-corrected chi connectivity index (χ0v) is 22.4. The molecule has 1 aliphatic carbocycles. The molecule has 2 heterocycles. The number of allylic oxidation sites excluding steroid dienone is 3. The van der Waals surface area contributed by atoms with Crippen LogP contribution < -0.4 is 5.32 Å². The molecule has 0 bridgehead atoms. The van der Waals surface area contributed by atoms with Crippen molar-refractivity contribution in [1.29, 1.82) is 0 Å². The van der Waals surface area contributed by atoms with Crippen molar-refractivity contribution in [1.82, 2.24) is 20.2 Å². The number of aromatic hydroxyl groups is 1. The number of unbranched alkanes of at least 4 members (excludes halogenated alkanes) is 1. The lowest BCUT2D eigenvalue weighted by atomic mass is 9.65. The summed E-state index contributed by atoms with van der Waals surface area (Å²) in [6, 6.07) is 3.00. The molecular weight excluding hydrogens is 470 g/mol. The quantitative estimate of drug-likeness (QED) is 0.266. The fraction of sp³-hybridized carbons (Fsp3) is 0.536. The van der Waals surface area contributed by atoms with Gasteiger partial charge < -0.3 is 20.1 Å². The zero-order valence-electron chi connectivity index (χ0n) is 22.4. The number of hydrogen-bond acceptors (Lipinski definition) is 7. The van der Waals surface area contributed by atoms with Gasteiger partial charge in [-0.15, -0.1) is 0 Å². The Bertz CT molecular complexity index is 1100. The summed E-state index contributed by atoms with van der Waals surface area (Å²) in [5.41, 5.74) is 2.70. The number of carbonyl (C=O) groups excluding carboxylic acids is 3. The smallest absolute Gasteiger partial charge is 0.276 e. The van der Waals surface area contributed by atoms with E-state index in [0.29, 0.717) is 31.4 Å². The number of hydrogen-bond donors (Lipinski definition) is 2. The normalized spacial score (nSPS) is 17.5. The number of likely N-dealkylation sites (tertiary alicyclic amines) is 1. The molecule has 2 aliphatic rings. The van der Waals surface area contributed by atoms with Gasteiger partial charge in [0.15, 0.2) is 5.69 Å². The number of nitrogens with zero attached hydrogens (tertiary/aromatic N) is 4. The number of aldehydes is 1. The third-order valence-electron chi connectivity index (χ3n) is 7.16. The highest BCUT2D eigenvalue weighted by Gasteiger charge is 2.53. The molecule has 37 heavy (non-hydrogen) atoms. The van der Waals surface area contributed by atoms with Crippen molar-refractivity contribution in [2.24, 2.45) is 10.5 Å². The second kappa shape index (κ2) is 12.7. The van der Waals surface area contributed by atoms with E-state index in [1.807, 2.05) is 6.92 Å². The van der Waals surface area contributed by atoms with E-state index in [1.165, 1.54) is 17.3 Å². The molecule has 9 heteroatoms. The molecular formula is C28H39N5O4. The summed E-state index contributed by atoms with van der Waals surface area (Å²) in [5, 5.41) is 19.2. The molecule has 0 radical (unpaired) electrons. The van der Waals surface area contributed by atoms with Gasteiger partial charge in [-0.05, 0) is 63.2 Å². The van der Waals surface area contributed by atoms with Crippen LogP contribution in [0.1, 0.15) is 76.2 Å². The average molecular weight is 510 g/mol. The number of carbonyl (C=O) groups is 3. The van der Waals surface area contributed by atoms with Crippen LogP contribution >= 0.6 is 0 Å². The first kappa shape index (κ1) is 28.1. The lowest BCUT2D eigenvalue weighted by molar-refractivity contribution is -0.132. The van der Waals surface area contributed by atoms with Crippen molar-refractivity contribution < 1.29 is 19.5 Å². The Morgan fingerprint density at radius 3 is 2.70 bits per heavy atom. The van der Waals surface area contributed by atoms with Gasteiger partial charge in [0.2, 0.25) is 0 Å². The van der Waals surface area contributed by atoms with Crippen LogP contribution in [0.5, 0.6) is 5.75 Å². The van der Waals surface area contributed by atoms with Gasteiger partial charge in [-0.1, -0.05) is 26.3 Å². The summed E-state index contributed by atoms with van der Waals surface area (Å²) in [5.74, 6) is -0.841. The summed E-state index contributed by atoms with van der Waals surface area (Å²) in [6.45, 7) is 6.61. The van der Waals surface area contributed by atoms with Crippen LogP contribution in [0.3, 0.4) is 0 Å². The molecule has 1 fully saturated rings. The Hall–Kier alpha value is -3.49. The van der Waals surface area contributed by atoms with Gasteiger partial charge in [-0.25, -0.2) is 9.99 Å². The van der Waals surface area contributed by atoms with E-state index in [-0.39, 0.29) is 29.8 Å². The molecule has 9 nitrogen and oxygen atoms in total. The average Bonchev–Trinajstić information content (AvgIpc) is 2.88. The van der Waals surface area contributed by atoms with E-state index >= 15 is 0 Å². The van der Waals surface area contributed by atoms with Crippen LogP contribution in [0.4, 0.5) is 0 Å². The zero-order chi connectivity index (χ0) is 27.0. The molecule has 3 rings (SSSR count). The molecule has 1 aliphatic heterocycles. The summed E-state index contributed by atoms with van der Waals surface area (Å²) in [6.07, 6.45) is 10.4. The SMILES string of the molecule is CC/C=C(CCCC)/C(C)=N/N(CC=O)C(=O)C1=C(NC)CCCC12CN(C(=O)c1ncccc1O)C2. The molecule has 2 N–H and O–H groups in total. The van der Waals surface area contributed by atoms with E-state index < -0.39 is 5.41 Å². The summed E-state index contributed by atoms with van der Waals surface area (Å²) in [7, 11) is 1.79. The number of nitrogens with one attached hydrogen (secondary N) is 1. The van der Waals surface area contributed by atoms with E-state index in [4.69, 9.17) is 0 Å². The van der Waals surface area contributed by atoms with Gasteiger partial charge in [0.1, 0.15) is 18.6 Å². The Balaban J connectivity index is 1.91. The van der Waals surface area contributed by atoms with E-state index in [2.05, 4.69) is 35.3 Å². The largest absolute Gasteiger partial charge is 0.505 e. The summed E-state index contributed by atoms with van der Waals surface area (Å²) in [4.78, 5) is 44.2. The maximum atomic E-state index is 14.0. The monoisotopic (exact) mass is 509 g/mol. The Kier molecular flexibility index (Phi) is 9.60. The molecule has 1 saturated heterocycles. The third-order valence-corrected chi connectivity index (χ3v) is 7.16. The molecule has 200 valence electrons. The van der Waals surface area contributed by atoms with Crippen molar-refractivity contribution >= 4 is 23.8 Å². The van der Waals surface area contributed by atoms with Gasteiger partial charge in [0.25, 0.3) is 11.8 Å². The van der Waals surface area contributed by atoms with Gasteiger partial charge >= 0.3 is 0 Å². The second-order valence-corrected chi connectivity index (χ2v) is 9.75. The Morgan fingerprint density at radius 2 is 2.08 bits per heavy atom. The van der Waals surface area contributed by atoms with Crippen LogP contribution in [0.25, 0.3) is 0 Å². The van der Waals surface area contributed by atoms with Crippen molar-refractivity contribution in [2.75, 3.05) is 26.7 Å². The minimum Gasteiger partial charge on any atom is -0.505 e. The first-order valence-corrected chi connectivity index (χ1v) is 13.2. The number of amides is 2. The molecule has 1 spiro atoms. The Morgan fingerprint density at radius 1 is 1.32 bits per heavy atom. The van der Waals surface area contributed by atoms with E-state index in [1.54, 1.807) is 18.0 Å². The molecule has 1 aromatic rings. The van der Waals surface area contributed by atoms with Crippen LogP contribution in [0.15, 0.2) is 46.4 Å². The van der Waals surface area contributed by atoms with Gasteiger partial charge in [0.05, 0.1) is 5.71 Å². The van der Waals surface area contributed by atoms with Gasteiger partial charge in [0, 0.05) is 43.0 Å². The molecule has 0 saturated carbocycles. The molecule has 0 atom stereocenters. The number of hydrazone groups is 1. The minimum atomic E-state index is -0.539. The molecule has 0 unspecified atom stereocenters. The van der Waals surface area contributed by atoms with E-state index in [0.717, 1.165) is 55.5 Å². The molecule has 1 aromatic heterocycles. The van der Waals surface area contributed by atoms with Gasteiger partial charge in [-0.2, -0.15) is 5.10 Å². The van der Waals surface area contributed by atoms with Crippen LogP contribution in [-0.2, 0) is 9.59 Å². The van der Waals surface area contributed by atoms with Crippen LogP contribution in [0, 0.1) is 5.41 Å².